The highest BCUT2D eigenvalue weighted by atomic mass is 16.1. The lowest BCUT2D eigenvalue weighted by atomic mass is 9.97. The quantitative estimate of drug-likeness (QED) is 0.685. The van der Waals surface area contributed by atoms with Crippen molar-refractivity contribution < 1.29 is 4.79 Å². The van der Waals surface area contributed by atoms with Crippen LogP contribution in [0.4, 0.5) is 5.69 Å². The first-order valence-corrected chi connectivity index (χ1v) is 6.89. The molecule has 4 heteroatoms. The van der Waals surface area contributed by atoms with Crippen molar-refractivity contribution in [1.29, 1.82) is 0 Å². The van der Waals surface area contributed by atoms with Gasteiger partial charge >= 0.3 is 0 Å². The number of nitrogens with two attached hydrogens (primary N) is 1. The summed E-state index contributed by atoms with van der Waals surface area (Å²) >= 11 is 0. The van der Waals surface area contributed by atoms with Crippen LogP contribution in [0.25, 0.3) is 11.1 Å². The standard InChI is InChI=1S/C16H19N3O/c1-11-5-14(17)6-12(9-20)15(11)13-7-18-19(8-13)10-16(2)3-4-16/h5-9H,3-4,10,17H2,1-2H3. The molecule has 0 aliphatic heterocycles. The molecule has 104 valence electrons. The van der Waals surface area contributed by atoms with Crippen LogP contribution in [-0.4, -0.2) is 16.1 Å². The molecule has 1 saturated carbocycles. The molecule has 1 fully saturated rings. The molecule has 1 aromatic carbocycles. The van der Waals surface area contributed by atoms with Crippen molar-refractivity contribution in [3.05, 3.63) is 35.7 Å². The molecule has 0 bridgehead atoms. The van der Waals surface area contributed by atoms with Gasteiger partial charge in [0.05, 0.1) is 6.20 Å². The molecule has 0 radical (unpaired) electrons. The molecule has 0 unspecified atom stereocenters. The first-order chi connectivity index (χ1) is 9.50. The van der Waals surface area contributed by atoms with E-state index < -0.39 is 0 Å². The van der Waals surface area contributed by atoms with Gasteiger partial charge in [-0.1, -0.05) is 6.92 Å². The van der Waals surface area contributed by atoms with E-state index >= 15 is 0 Å². The normalized spacial score (nSPS) is 16.1. The zero-order chi connectivity index (χ0) is 14.3. The molecule has 1 heterocycles. The Morgan fingerprint density at radius 2 is 2.20 bits per heavy atom. The smallest absolute Gasteiger partial charge is 0.150 e. The SMILES string of the molecule is Cc1cc(N)cc(C=O)c1-c1cnn(CC2(C)CC2)c1. The van der Waals surface area contributed by atoms with Crippen LogP contribution < -0.4 is 5.73 Å². The minimum atomic E-state index is 0.410. The molecular weight excluding hydrogens is 250 g/mol. The van der Waals surface area contributed by atoms with E-state index in [2.05, 4.69) is 12.0 Å². The van der Waals surface area contributed by atoms with Gasteiger partial charge in [0.15, 0.2) is 6.29 Å². The predicted molar refractivity (Wildman–Crippen MR) is 79.5 cm³/mol. The zero-order valence-electron chi connectivity index (χ0n) is 11.9. The van der Waals surface area contributed by atoms with Gasteiger partial charge in [-0.25, -0.2) is 0 Å². The first-order valence-electron chi connectivity index (χ1n) is 6.89. The number of carbonyl (C=O) groups excluding carboxylic acids is 1. The number of benzene rings is 1. The van der Waals surface area contributed by atoms with Crippen LogP contribution in [0.2, 0.25) is 0 Å². The summed E-state index contributed by atoms with van der Waals surface area (Å²) in [5.74, 6) is 0. The van der Waals surface area contributed by atoms with Crippen molar-refractivity contribution in [2.24, 2.45) is 5.41 Å². The summed E-state index contributed by atoms with van der Waals surface area (Å²) in [6, 6.07) is 3.61. The van der Waals surface area contributed by atoms with Crippen molar-refractivity contribution in [2.75, 3.05) is 5.73 Å². The van der Waals surface area contributed by atoms with Crippen molar-refractivity contribution in [1.82, 2.24) is 9.78 Å². The van der Waals surface area contributed by atoms with Gasteiger partial charge in [0.25, 0.3) is 0 Å². The third-order valence-electron chi connectivity index (χ3n) is 4.08. The molecule has 4 nitrogen and oxygen atoms in total. The average molecular weight is 269 g/mol. The number of aryl methyl sites for hydroxylation is 1. The van der Waals surface area contributed by atoms with Gasteiger partial charge in [-0.2, -0.15) is 5.10 Å². The minimum absolute atomic E-state index is 0.410. The third kappa shape index (κ3) is 2.33. The van der Waals surface area contributed by atoms with Crippen molar-refractivity contribution in [3.63, 3.8) is 0 Å². The van der Waals surface area contributed by atoms with Gasteiger partial charge in [0, 0.05) is 29.6 Å². The van der Waals surface area contributed by atoms with E-state index in [4.69, 9.17) is 5.73 Å². The molecule has 2 N–H and O–H groups in total. The molecule has 1 aliphatic rings. The second-order valence-corrected chi connectivity index (χ2v) is 6.16. The van der Waals surface area contributed by atoms with Crippen molar-refractivity contribution in [3.8, 4) is 11.1 Å². The number of rotatable bonds is 4. The molecule has 3 rings (SSSR count). The maximum absolute atomic E-state index is 11.3. The summed E-state index contributed by atoms with van der Waals surface area (Å²) in [4.78, 5) is 11.3. The number of hydrogen-bond donors (Lipinski definition) is 1. The average Bonchev–Trinajstić information content (AvgIpc) is 2.93. The summed E-state index contributed by atoms with van der Waals surface area (Å²) in [6.07, 6.45) is 7.25. The second kappa shape index (κ2) is 4.47. The van der Waals surface area contributed by atoms with Gasteiger partial charge < -0.3 is 5.73 Å². The monoisotopic (exact) mass is 269 g/mol. The third-order valence-corrected chi connectivity index (χ3v) is 4.08. The summed E-state index contributed by atoms with van der Waals surface area (Å²) < 4.78 is 1.98. The van der Waals surface area contributed by atoms with E-state index in [0.29, 0.717) is 16.7 Å². The summed E-state index contributed by atoms with van der Waals surface area (Å²) in [7, 11) is 0. The summed E-state index contributed by atoms with van der Waals surface area (Å²) in [5, 5.41) is 4.43. The van der Waals surface area contributed by atoms with Gasteiger partial charge in [-0.3, -0.25) is 9.48 Å². The Labute approximate surface area is 118 Å². The van der Waals surface area contributed by atoms with E-state index in [1.165, 1.54) is 12.8 Å². The molecule has 0 saturated heterocycles. The molecular formula is C16H19N3O. The fourth-order valence-electron chi connectivity index (χ4n) is 2.67. The molecule has 0 atom stereocenters. The number of nitrogens with zero attached hydrogens (tertiary/aromatic N) is 2. The molecule has 20 heavy (non-hydrogen) atoms. The van der Waals surface area contributed by atoms with E-state index in [1.54, 1.807) is 6.07 Å². The predicted octanol–water partition coefficient (Wildman–Crippen LogP) is 3.05. The molecule has 2 aromatic rings. The highest BCUT2D eigenvalue weighted by Crippen LogP contribution is 2.46. The van der Waals surface area contributed by atoms with Crippen LogP contribution in [0.5, 0.6) is 0 Å². The molecule has 1 aliphatic carbocycles. The maximum atomic E-state index is 11.3. The molecule has 1 aromatic heterocycles. The topological polar surface area (TPSA) is 60.9 Å². The van der Waals surface area contributed by atoms with Crippen LogP contribution in [0, 0.1) is 12.3 Å². The van der Waals surface area contributed by atoms with Crippen molar-refractivity contribution >= 4 is 12.0 Å². The lowest BCUT2D eigenvalue weighted by Gasteiger charge is -2.09. The number of anilines is 1. The maximum Gasteiger partial charge on any atom is 0.150 e. The van der Waals surface area contributed by atoms with Crippen LogP contribution in [0.3, 0.4) is 0 Å². The Morgan fingerprint density at radius 1 is 1.45 bits per heavy atom. The fourth-order valence-corrected chi connectivity index (χ4v) is 2.67. The first kappa shape index (κ1) is 12.9. The van der Waals surface area contributed by atoms with Gasteiger partial charge in [0.1, 0.15) is 0 Å². The Balaban J connectivity index is 1.98. The lowest BCUT2D eigenvalue weighted by Crippen LogP contribution is -2.07. The van der Waals surface area contributed by atoms with Crippen LogP contribution in [0.1, 0.15) is 35.7 Å². The lowest BCUT2D eigenvalue weighted by molar-refractivity contribution is 0.112. The minimum Gasteiger partial charge on any atom is -0.399 e. The molecule has 0 spiro atoms. The number of aldehydes is 1. The number of nitrogen functional groups attached to an aromatic ring is 1. The number of aromatic nitrogens is 2. The summed E-state index contributed by atoms with van der Waals surface area (Å²) in [6.45, 7) is 5.19. The highest BCUT2D eigenvalue weighted by Gasteiger charge is 2.37. The van der Waals surface area contributed by atoms with E-state index in [0.717, 1.165) is 29.5 Å². The van der Waals surface area contributed by atoms with Gasteiger partial charge in [0.2, 0.25) is 0 Å². The Morgan fingerprint density at radius 3 is 2.85 bits per heavy atom. The van der Waals surface area contributed by atoms with Gasteiger partial charge in [-0.05, 0) is 48.4 Å². The van der Waals surface area contributed by atoms with Gasteiger partial charge in [-0.15, -0.1) is 0 Å². The summed E-state index contributed by atoms with van der Waals surface area (Å²) in [5.41, 5.74) is 10.4. The second-order valence-electron chi connectivity index (χ2n) is 6.16. The Kier molecular flexibility index (Phi) is 2.89. The highest BCUT2D eigenvalue weighted by molar-refractivity contribution is 5.90. The van der Waals surface area contributed by atoms with E-state index in [9.17, 15) is 4.79 Å². The van der Waals surface area contributed by atoms with E-state index in [-0.39, 0.29) is 0 Å². The van der Waals surface area contributed by atoms with Crippen LogP contribution in [0.15, 0.2) is 24.5 Å². The molecule has 0 amide bonds. The number of carbonyl (C=O) groups is 1. The van der Waals surface area contributed by atoms with Crippen molar-refractivity contribution in [2.45, 2.75) is 33.2 Å². The van der Waals surface area contributed by atoms with Crippen LogP contribution in [-0.2, 0) is 6.54 Å². The largest absolute Gasteiger partial charge is 0.399 e. The van der Waals surface area contributed by atoms with E-state index in [1.807, 2.05) is 30.1 Å². The Bertz CT molecular complexity index is 668. The number of hydrogen-bond acceptors (Lipinski definition) is 3. The van der Waals surface area contributed by atoms with Crippen LogP contribution >= 0.6 is 0 Å². The Hall–Kier alpha value is -2.10. The fraction of sp³-hybridized carbons (Fsp3) is 0.375. The zero-order valence-corrected chi connectivity index (χ0v) is 11.9.